The molecule has 0 saturated carbocycles. The first-order chi connectivity index (χ1) is 17.3. The molecule has 0 fully saturated rings. The number of thiophene rings is 1. The van der Waals surface area contributed by atoms with E-state index in [1.54, 1.807) is 0 Å². The van der Waals surface area contributed by atoms with E-state index in [0.717, 1.165) is 18.5 Å². The summed E-state index contributed by atoms with van der Waals surface area (Å²) in [7, 11) is 0. The zero-order valence-corrected chi connectivity index (χ0v) is 20.1. The van der Waals surface area contributed by atoms with Crippen molar-refractivity contribution in [3.8, 4) is 16.8 Å². The average molecular weight is 469 g/mol. The second-order valence-electron chi connectivity index (χ2n) is 9.07. The Morgan fingerprint density at radius 3 is 2.69 bits per heavy atom. The number of nitrogens with zero attached hydrogens (tertiary/aromatic N) is 1. The average Bonchev–Trinajstić information content (AvgIpc) is 3.20. The van der Waals surface area contributed by atoms with Gasteiger partial charge >= 0.3 is 0 Å². The van der Waals surface area contributed by atoms with Gasteiger partial charge in [0.1, 0.15) is 0 Å². The van der Waals surface area contributed by atoms with Crippen molar-refractivity contribution in [3.63, 3.8) is 0 Å². The summed E-state index contributed by atoms with van der Waals surface area (Å²) in [6.07, 6.45) is 17.1. The zero-order valence-electron chi connectivity index (χ0n) is 19.2. The molecule has 0 amide bonds. The summed E-state index contributed by atoms with van der Waals surface area (Å²) < 4.78 is 3.73. The number of para-hydroxylation sites is 2. The van der Waals surface area contributed by atoms with Crippen LogP contribution in [0.3, 0.4) is 0 Å². The largest absolute Gasteiger partial charge is 0.398 e. The van der Waals surface area contributed by atoms with Gasteiger partial charge < -0.3 is 10.3 Å². The van der Waals surface area contributed by atoms with Crippen LogP contribution in [0.4, 0.5) is 0 Å². The van der Waals surface area contributed by atoms with Crippen molar-refractivity contribution in [3.05, 3.63) is 119 Å². The molecular weight excluding hydrogens is 444 g/mol. The summed E-state index contributed by atoms with van der Waals surface area (Å²) in [5.41, 5.74) is 16.1. The lowest BCUT2D eigenvalue weighted by Crippen LogP contribution is -2.02. The Labute approximate surface area is 208 Å². The molecule has 0 aliphatic heterocycles. The first kappa shape index (κ1) is 20.3. The summed E-state index contributed by atoms with van der Waals surface area (Å²) in [4.78, 5) is 1.25. The van der Waals surface area contributed by atoms with Gasteiger partial charge in [0, 0.05) is 54.9 Å². The monoisotopic (exact) mass is 468 g/mol. The highest BCUT2D eigenvalue weighted by atomic mass is 32.1. The number of fused-ring (bicyclic) bond motifs is 6. The van der Waals surface area contributed by atoms with Crippen LogP contribution in [0.2, 0.25) is 0 Å². The molecule has 7 rings (SSSR count). The van der Waals surface area contributed by atoms with Gasteiger partial charge in [0.2, 0.25) is 0 Å². The van der Waals surface area contributed by atoms with Crippen molar-refractivity contribution in [2.24, 2.45) is 5.73 Å². The molecule has 0 saturated heterocycles. The predicted octanol–water partition coefficient (Wildman–Crippen LogP) is 8.35. The van der Waals surface area contributed by atoms with Gasteiger partial charge in [0.25, 0.3) is 0 Å². The third kappa shape index (κ3) is 3.16. The highest BCUT2D eigenvalue weighted by molar-refractivity contribution is 7.20. The van der Waals surface area contributed by atoms with Crippen molar-refractivity contribution in [2.75, 3.05) is 0 Å². The Morgan fingerprint density at radius 2 is 1.71 bits per heavy atom. The van der Waals surface area contributed by atoms with Crippen LogP contribution >= 0.6 is 11.3 Å². The van der Waals surface area contributed by atoms with Crippen LogP contribution < -0.4 is 5.73 Å². The first-order valence-electron chi connectivity index (χ1n) is 12.0. The van der Waals surface area contributed by atoms with Gasteiger partial charge in [-0.25, -0.2) is 0 Å². The van der Waals surface area contributed by atoms with Crippen LogP contribution in [0.1, 0.15) is 28.1 Å². The van der Waals surface area contributed by atoms with Gasteiger partial charge in [-0.3, -0.25) is 0 Å². The molecule has 3 heteroatoms. The maximum absolute atomic E-state index is 6.52. The second-order valence-corrected chi connectivity index (χ2v) is 10.2. The van der Waals surface area contributed by atoms with Crippen LogP contribution in [0, 0.1) is 0 Å². The first-order valence-corrected chi connectivity index (χ1v) is 12.9. The fraction of sp³-hybridized carbons (Fsp3) is 0.0625. The van der Waals surface area contributed by atoms with E-state index in [4.69, 9.17) is 5.73 Å². The zero-order chi connectivity index (χ0) is 23.4. The van der Waals surface area contributed by atoms with Crippen molar-refractivity contribution in [1.29, 1.82) is 0 Å². The lowest BCUT2D eigenvalue weighted by atomic mass is 9.99. The minimum atomic E-state index is 0.877. The van der Waals surface area contributed by atoms with E-state index < -0.39 is 0 Å². The van der Waals surface area contributed by atoms with Crippen LogP contribution in [-0.4, -0.2) is 4.57 Å². The van der Waals surface area contributed by atoms with Crippen molar-refractivity contribution >= 4 is 50.2 Å². The fourth-order valence-electron chi connectivity index (χ4n) is 5.47. The van der Waals surface area contributed by atoms with Crippen molar-refractivity contribution in [1.82, 2.24) is 4.57 Å². The van der Waals surface area contributed by atoms with Crippen LogP contribution in [0.15, 0.2) is 97.1 Å². The molecule has 35 heavy (non-hydrogen) atoms. The lowest BCUT2D eigenvalue weighted by Gasteiger charge is -2.16. The maximum atomic E-state index is 6.52. The number of hydrogen-bond acceptors (Lipinski definition) is 2. The summed E-state index contributed by atoms with van der Waals surface area (Å²) in [5.74, 6) is 0. The fourth-order valence-corrected chi connectivity index (χ4v) is 6.61. The van der Waals surface area contributed by atoms with Gasteiger partial charge in [-0.05, 0) is 42.3 Å². The van der Waals surface area contributed by atoms with Crippen LogP contribution in [0.5, 0.6) is 0 Å². The minimum Gasteiger partial charge on any atom is -0.398 e. The molecule has 0 bridgehead atoms. The third-order valence-electron chi connectivity index (χ3n) is 7.04. The lowest BCUT2D eigenvalue weighted by molar-refractivity contribution is 1.00. The number of allylic oxidation sites excluding steroid dienone is 5. The number of rotatable bonds is 2. The number of nitrogens with two attached hydrogens (primary N) is 1. The molecule has 0 atom stereocenters. The topological polar surface area (TPSA) is 30.9 Å². The van der Waals surface area contributed by atoms with Crippen molar-refractivity contribution in [2.45, 2.75) is 12.8 Å². The molecule has 2 aliphatic rings. The van der Waals surface area contributed by atoms with E-state index in [2.05, 4.69) is 114 Å². The molecule has 2 N–H and O–H groups in total. The Hall–Kier alpha value is -4.08. The highest BCUT2D eigenvalue weighted by Crippen LogP contribution is 2.41. The van der Waals surface area contributed by atoms with Crippen LogP contribution in [-0.2, 0) is 6.42 Å². The van der Waals surface area contributed by atoms with E-state index in [1.807, 2.05) is 11.3 Å². The Kier molecular flexibility index (Phi) is 4.64. The normalized spacial score (nSPS) is 14.6. The smallest absolute Gasteiger partial charge is 0.0538 e. The van der Waals surface area contributed by atoms with E-state index in [0.29, 0.717) is 0 Å². The molecule has 5 aromatic rings. The number of aromatic nitrogens is 1. The summed E-state index contributed by atoms with van der Waals surface area (Å²) in [6, 6.07) is 24.3. The Bertz CT molecular complexity index is 1750. The van der Waals surface area contributed by atoms with E-state index in [-0.39, 0.29) is 0 Å². The molecule has 3 aromatic carbocycles. The number of hydrogen-bond donors (Lipinski definition) is 1. The second kappa shape index (κ2) is 8.00. The van der Waals surface area contributed by atoms with E-state index in [9.17, 15) is 0 Å². The third-order valence-corrected chi connectivity index (χ3v) is 8.18. The molecule has 2 heterocycles. The van der Waals surface area contributed by atoms with Crippen LogP contribution in [0.25, 0.3) is 55.7 Å². The molecule has 0 spiro atoms. The molecule has 0 unspecified atom stereocenters. The molecule has 0 radical (unpaired) electrons. The number of benzene rings is 3. The molecular formula is C32H24N2S. The molecule has 2 aromatic heterocycles. The van der Waals surface area contributed by atoms with Gasteiger partial charge in [0.05, 0.1) is 11.2 Å². The van der Waals surface area contributed by atoms with Crippen molar-refractivity contribution < 1.29 is 0 Å². The standard InChI is InChI=1S/C32H24N2S/c33-26-13-6-9-17-31-32(26)25-20-21(18-19-30(25)35-31)22-10-4-7-15-27(22)34-28-14-3-1-2-11-23(28)24-12-5-8-16-29(24)34/h1-5,7-13,15-20H,6,14,33H2. The minimum absolute atomic E-state index is 0.877. The quantitative estimate of drug-likeness (QED) is 0.277. The van der Waals surface area contributed by atoms with Gasteiger partial charge in [0.15, 0.2) is 0 Å². The summed E-state index contributed by atoms with van der Waals surface area (Å²) in [6.45, 7) is 0. The maximum Gasteiger partial charge on any atom is 0.0538 e. The SMILES string of the molecule is NC1=CCC=Cc2sc3ccc(-c4ccccc4-n4c5c(c6ccccc64)C=CC=CC5)cc3c21. The summed E-state index contributed by atoms with van der Waals surface area (Å²) in [5, 5.41) is 2.53. The predicted molar refractivity (Wildman–Crippen MR) is 152 cm³/mol. The highest BCUT2D eigenvalue weighted by Gasteiger charge is 2.20. The molecule has 2 nitrogen and oxygen atoms in total. The molecule has 2 aliphatic carbocycles. The summed E-state index contributed by atoms with van der Waals surface area (Å²) >= 11 is 1.82. The Morgan fingerprint density at radius 1 is 0.829 bits per heavy atom. The van der Waals surface area contributed by atoms with Gasteiger partial charge in [-0.15, -0.1) is 11.3 Å². The van der Waals surface area contributed by atoms with Gasteiger partial charge in [-0.1, -0.05) is 78.9 Å². The van der Waals surface area contributed by atoms with E-state index >= 15 is 0 Å². The molecule has 168 valence electrons. The Balaban J connectivity index is 1.49. The van der Waals surface area contributed by atoms with E-state index in [1.165, 1.54) is 59.5 Å². The van der Waals surface area contributed by atoms with Gasteiger partial charge in [-0.2, -0.15) is 0 Å².